The Kier molecular flexibility index (Phi) is 4.12. The molecule has 1 saturated carbocycles. The molecule has 2 fully saturated rings. The Morgan fingerprint density at radius 3 is 2.61 bits per heavy atom. The van der Waals surface area contributed by atoms with Crippen molar-refractivity contribution in [3.05, 3.63) is 17.0 Å². The van der Waals surface area contributed by atoms with E-state index in [0.717, 1.165) is 4.68 Å². The summed E-state index contributed by atoms with van der Waals surface area (Å²) in [5, 5.41) is 13.4. The third-order valence-corrected chi connectivity index (χ3v) is 4.45. The number of aromatic carboxylic acids is 1. The van der Waals surface area contributed by atoms with Crippen LogP contribution < -0.4 is 0 Å². The van der Waals surface area contributed by atoms with Crippen molar-refractivity contribution in [1.29, 1.82) is 0 Å². The summed E-state index contributed by atoms with van der Waals surface area (Å²) in [6, 6.07) is 0. The Labute approximate surface area is 131 Å². The fourth-order valence-electron chi connectivity index (χ4n) is 3.25. The number of alkyl halides is 3. The van der Waals surface area contributed by atoms with Crippen LogP contribution in [0.2, 0.25) is 0 Å². The van der Waals surface area contributed by atoms with Crippen molar-refractivity contribution in [3.63, 3.8) is 0 Å². The van der Waals surface area contributed by atoms with Gasteiger partial charge in [-0.25, -0.2) is 4.79 Å². The second-order valence-corrected chi connectivity index (χ2v) is 6.44. The zero-order valence-electron chi connectivity index (χ0n) is 12.8. The molecule has 0 aromatic carbocycles. The highest BCUT2D eigenvalue weighted by molar-refractivity contribution is 5.88. The van der Waals surface area contributed by atoms with E-state index in [0.29, 0.717) is 32.3 Å². The number of halogens is 3. The summed E-state index contributed by atoms with van der Waals surface area (Å²) in [5.41, 5.74) is -1.89. The highest BCUT2D eigenvalue weighted by Crippen LogP contribution is 2.46. The van der Waals surface area contributed by atoms with Crippen LogP contribution in [0.15, 0.2) is 0 Å². The molecule has 23 heavy (non-hydrogen) atoms. The van der Waals surface area contributed by atoms with Gasteiger partial charge in [-0.15, -0.1) is 0 Å². The van der Waals surface area contributed by atoms with Crippen molar-refractivity contribution in [2.45, 2.75) is 57.3 Å². The van der Waals surface area contributed by atoms with Crippen LogP contribution in [0.25, 0.3) is 0 Å². The monoisotopic (exact) mass is 332 g/mol. The van der Waals surface area contributed by atoms with Gasteiger partial charge in [0.15, 0.2) is 5.69 Å². The van der Waals surface area contributed by atoms with Crippen LogP contribution in [0, 0.1) is 5.92 Å². The first-order valence-corrected chi connectivity index (χ1v) is 7.80. The minimum Gasteiger partial charge on any atom is -0.477 e. The Bertz CT molecular complexity index is 608. The van der Waals surface area contributed by atoms with Gasteiger partial charge in [0.05, 0.1) is 11.8 Å². The molecule has 0 amide bonds. The molecule has 2 aliphatic rings. The molecular weight excluding hydrogens is 313 g/mol. The minimum atomic E-state index is -4.70. The summed E-state index contributed by atoms with van der Waals surface area (Å²) < 4.78 is 46.6. The Balaban J connectivity index is 1.97. The lowest BCUT2D eigenvalue weighted by atomic mass is 9.96. The summed E-state index contributed by atoms with van der Waals surface area (Å²) in [6.07, 6.45) is -2.02. The predicted octanol–water partition coefficient (Wildman–Crippen LogP) is 3.29. The molecule has 128 valence electrons. The zero-order chi connectivity index (χ0) is 16.8. The van der Waals surface area contributed by atoms with Crippen molar-refractivity contribution in [2.75, 3.05) is 6.61 Å². The maximum Gasteiger partial charge on any atom is 0.420 e. The maximum absolute atomic E-state index is 13.4. The first kappa shape index (κ1) is 16.3. The lowest BCUT2D eigenvalue weighted by Gasteiger charge is -2.27. The average Bonchev–Trinajstić information content (AvgIpc) is 3.19. The molecule has 1 aliphatic heterocycles. The minimum absolute atomic E-state index is 0.0302. The second-order valence-electron chi connectivity index (χ2n) is 6.44. The van der Waals surface area contributed by atoms with E-state index in [1.807, 2.05) is 6.92 Å². The van der Waals surface area contributed by atoms with E-state index in [1.165, 1.54) is 0 Å². The molecule has 0 spiro atoms. The normalized spacial score (nSPS) is 25.6. The molecule has 8 heteroatoms. The maximum atomic E-state index is 13.4. The SMILES string of the molecule is CC1CC(Cn2nc(C3CC3)c(C(F)(F)F)c2C(=O)O)CCO1. The third kappa shape index (κ3) is 3.36. The van der Waals surface area contributed by atoms with Gasteiger partial charge in [0.1, 0.15) is 5.56 Å². The van der Waals surface area contributed by atoms with Gasteiger partial charge in [-0.2, -0.15) is 18.3 Å². The molecule has 3 rings (SSSR count). The predicted molar refractivity (Wildman–Crippen MR) is 74.3 cm³/mol. The molecule has 2 atom stereocenters. The molecule has 5 nitrogen and oxygen atoms in total. The van der Waals surface area contributed by atoms with Gasteiger partial charge in [0, 0.05) is 19.1 Å². The van der Waals surface area contributed by atoms with Crippen LogP contribution in [-0.4, -0.2) is 33.6 Å². The smallest absolute Gasteiger partial charge is 0.420 e. The summed E-state index contributed by atoms with van der Waals surface area (Å²) in [7, 11) is 0. The number of aromatic nitrogens is 2. The fraction of sp³-hybridized carbons (Fsp3) is 0.733. The Morgan fingerprint density at radius 2 is 2.09 bits per heavy atom. The van der Waals surface area contributed by atoms with Gasteiger partial charge in [0.25, 0.3) is 0 Å². The largest absolute Gasteiger partial charge is 0.477 e. The van der Waals surface area contributed by atoms with Crippen molar-refractivity contribution >= 4 is 5.97 Å². The number of hydrogen-bond acceptors (Lipinski definition) is 3. The Morgan fingerprint density at radius 1 is 1.39 bits per heavy atom. The lowest BCUT2D eigenvalue weighted by molar-refractivity contribution is -0.138. The van der Waals surface area contributed by atoms with Crippen LogP contribution >= 0.6 is 0 Å². The average molecular weight is 332 g/mol. The number of carboxylic acids is 1. The van der Waals surface area contributed by atoms with E-state index < -0.39 is 23.4 Å². The number of ether oxygens (including phenoxy) is 1. The summed E-state index contributed by atoms with van der Waals surface area (Å²) in [6.45, 7) is 2.63. The fourth-order valence-corrected chi connectivity index (χ4v) is 3.25. The van der Waals surface area contributed by atoms with Gasteiger partial charge >= 0.3 is 12.1 Å². The van der Waals surface area contributed by atoms with E-state index in [2.05, 4.69) is 5.10 Å². The van der Waals surface area contributed by atoms with E-state index in [-0.39, 0.29) is 30.2 Å². The molecule has 2 unspecified atom stereocenters. The van der Waals surface area contributed by atoms with Gasteiger partial charge in [-0.1, -0.05) is 0 Å². The Hall–Kier alpha value is -1.57. The van der Waals surface area contributed by atoms with Gasteiger partial charge in [0.2, 0.25) is 0 Å². The highest BCUT2D eigenvalue weighted by Gasteiger charge is 2.46. The van der Waals surface area contributed by atoms with Crippen LogP contribution in [-0.2, 0) is 17.5 Å². The van der Waals surface area contributed by atoms with Gasteiger partial charge < -0.3 is 9.84 Å². The first-order chi connectivity index (χ1) is 10.8. The van der Waals surface area contributed by atoms with Gasteiger partial charge in [-0.05, 0) is 38.5 Å². The van der Waals surface area contributed by atoms with E-state index >= 15 is 0 Å². The van der Waals surface area contributed by atoms with Crippen LogP contribution in [0.3, 0.4) is 0 Å². The van der Waals surface area contributed by atoms with Crippen molar-refractivity contribution in [3.8, 4) is 0 Å². The summed E-state index contributed by atoms with van der Waals surface area (Å²) >= 11 is 0. The number of hydrogen-bond donors (Lipinski definition) is 1. The lowest BCUT2D eigenvalue weighted by Crippen LogP contribution is -2.27. The molecule has 1 aromatic rings. The summed E-state index contributed by atoms with van der Waals surface area (Å²) in [4.78, 5) is 11.5. The molecule has 1 N–H and O–H groups in total. The number of carbonyl (C=O) groups is 1. The standard InChI is InChI=1S/C15H19F3N2O3/c1-8-6-9(4-5-23-8)7-20-13(14(21)22)11(15(16,17)18)12(19-20)10-2-3-10/h8-10H,2-7H2,1H3,(H,21,22). The molecule has 1 aliphatic carbocycles. The summed E-state index contributed by atoms with van der Waals surface area (Å²) in [5.74, 6) is -1.76. The van der Waals surface area contributed by atoms with Gasteiger partial charge in [-0.3, -0.25) is 4.68 Å². The third-order valence-electron chi connectivity index (χ3n) is 4.45. The topological polar surface area (TPSA) is 64.4 Å². The van der Waals surface area contributed by atoms with Crippen molar-refractivity contribution < 1.29 is 27.8 Å². The van der Waals surface area contributed by atoms with E-state index in [1.54, 1.807) is 0 Å². The quantitative estimate of drug-likeness (QED) is 0.919. The molecule has 1 saturated heterocycles. The van der Waals surface area contributed by atoms with E-state index in [9.17, 15) is 23.1 Å². The second kappa shape index (κ2) is 5.81. The van der Waals surface area contributed by atoms with Crippen LogP contribution in [0.1, 0.15) is 60.3 Å². The molecular formula is C15H19F3N2O3. The number of nitrogens with zero attached hydrogens (tertiary/aromatic N) is 2. The highest BCUT2D eigenvalue weighted by atomic mass is 19.4. The van der Waals surface area contributed by atoms with Crippen molar-refractivity contribution in [2.24, 2.45) is 5.92 Å². The van der Waals surface area contributed by atoms with Crippen LogP contribution in [0.5, 0.6) is 0 Å². The number of rotatable bonds is 4. The first-order valence-electron chi connectivity index (χ1n) is 7.80. The number of carboxylic acid groups (broad SMARTS) is 1. The van der Waals surface area contributed by atoms with Crippen LogP contribution in [0.4, 0.5) is 13.2 Å². The van der Waals surface area contributed by atoms with Crippen molar-refractivity contribution in [1.82, 2.24) is 9.78 Å². The molecule has 0 bridgehead atoms. The molecule has 2 heterocycles. The molecule has 1 aromatic heterocycles. The zero-order valence-corrected chi connectivity index (χ0v) is 12.8. The molecule has 0 radical (unpaired) electrons. The van der Waals surface area contributed by atoms with E-state index in [4.69, 9.17) is 4.74 Å².